The maximum absolute atomic E-state index is 12.2. The van der Waals surface area contributed by atoms with Crippen molar-refractivity contribution < 1.29 is 4.79 Å². The first-order valence-electron chi connectivity index (χ1n) is 6.61. The largest absolute Gasteiger partial charge is 0.322 e. The van der Waals surface area contributed by atoms with Crippen molar-refractivity contribution in [3.05, 3.63) is 0 Å². The van der Waals surface area contributed by atoms with Gasteiger partial charge in [-0.15, -0.1) is 0 Å². The van der Waals surface area contributed by atoms with E-state index in [0.29, 0.717) is 12.1 Å². The van der Waals surface area contributed by atoms with Crippen LogP contribution in [-0.2, 0) is 0 Å². The van der Waals surface area contributed by atoms with Crippen LogP contribution in [0.2, 0.25) is 0 Å². The zero-order chi connectivity index (χ0) is 11.0. The first-order valence-corrected chi connectivity index (χ1v) is 6.61. The van der Waals surface area contributed by atoms with Gasteiger partial charge in [-0.25, -0.2) is 4.79 Å². The van der Waals surface area contributed by atoms with E-state index in [-0.39, 0.29) is 0 Å². The number of rotatable bonds is 2. The van der Waals surface area contributed by atoms with Crippen molar-refractivity contribution in [2.24, 2.45) is 5.92 Å². The molecule has 0 spiro atoms. The standard InChI is InChI=1S/C12H21N3O/c16-12-14(8-10-3-1-2-4-10)9-11-7-13-5-6-15(11)12/h10-11,13H,1-9H2. The van der Waals surface area contributed by atoms with Gasteiger partial charge in [-0.2, -0.15) is 0 Å². The van der Waals surface area contributed by atoms with Gasteiger partial charge in [-0.3, -0.25) is 0 Å². The summed E-state index contributed by atoms with van der Waals surface area (Å²) in [4.78, 5) is 16.3. The molecule has 3 aliphatic rings. The van der Waals surface area contributed by atoms with Gasteiger partial charge in [0.25, 0.3) is 0 Å². The molecule has 1 N–H and O–H groups in total. The van der Waals surface area contributed by atoms with E-state index in [1.807, 2.05) is 0 Å². The van der Waals surface area contributed by atoms with Crippen LogP contribution in [0.5, 0.6) is 0 Å². The molecule has 2 aliphatic heterocycles. The Morgan fingerprint density at radius 1 is 1.31 bits per heavy atom. The predicted octanol–water partition coefficient (Wildman–Crippen LogP) is 0.886. The number of carbonyl (C=O) groups excluding carboxylic acids is 1. The molecule has 3 fully saturated rings. The molecule has 2 heterocycles. The van der Waals surface area contributed by atoms with Crippen LogP contribution in [0.15, 0.2) is 0 Å². The van der Waals surface area contributed by atoms with Crippen molar-refractivity contribution in [1.29, 1.82) is 0 Å². The number of nitrogens with one attached hydrogen (secondary N) is 1. The molecule has 1 aliphatic carbocycles. The van der Waals surface area contributed by atoms with E-state index in [9.17, 15) is 4.79 Å². The zero-order valence-electron chi connectivity index (χ0n) is 9.82. The summed E-state index contributed by atoms with van der Waals surface area (Å²) in [6.07, 6.45) is 5.38. The van der Waals surface area contributed by atoms with Crippen molar-refractivity contribution in [3.63, 3.8) is 0 Å². The monoisotopic (exact) mass is 223 g/mol. The summed E-state index contributed by atoms with van der Waals surface area (Å²) in [5, 5.41) is 3.37. The summed E-state index contributed by atoms with van der Waals surface area (Å²) in [6, 6.07) is 0.723. The highest BCUT2D eigenvalue weighted by molar-refractivity contribution is 5.77. The second-order valence-electron chi connectivity index (χ2n) is 5.39. The van der Waals surface area contributed by atoms with E-state index in [0.717, 1.165) is 38.6 Å². The zero-order valence-corrected chi connectivity index (χ0v) is 9.82. The molecule has 4 nitrogen and oxygen atoms in total. The van der Waals surface area contributed by atoms with Gasteiger partial charge in [0.05, 0.1) is 6.04 Å². The maximum atomic E-state index is 12.2. The number of fused-ring (bicyclic) bond motifs is 1. The lowest BCUT2D eigenvalue weighted by molar-refractivity contribution is 0.175. The molecule has 4 heteroatoms. The van der Waals surface area contributed by atoms with Crippen LogP contribution in [0.4, 0.5) is 4.79 Å². The Morgan fingerprint density at radius 2 is 2.12 bits per heavy atom. The fourth-order valence-corrected chi connectivity index (χ4v) is 3.35. The fourth-order valence-electron chi connectivity index (χ4n) is 3.35. The normalized spacial score (nSPS) is 31.2. The first kappa shape index (κ1) is 10.4. The first-order chi connectivity index (χ1) is 7.84. The Balaban J connectivity index is 1.61. The number of carbonyl (C=O) groups is 1. The second-order valence-corrected chi connectivity index (χ2v) is 5.39. The quantitative estimate of drug-likeness (QED) is 0.754. The Labute approximate surface area is 97.0 Å². The van der Waals surface area contributed by atoms with Crippen molar-refractivity contribution >= 4 is 6.03 Å². The molecule has 1 atom stereocenters. The highest BCUT2D eigenvalue weighted by Crippen LogP contribution is 2.27. The molecule has 0 bridgehead atoms. The summed E-state index contributed by atoms with van der Waals surface area (Å²) in [7, 11) is 0. The van der Waals surface area contributed by atoms with E-state index >= 15 is 0 Å². The van der Waals surface area contributed by atoms with Gasteiger partial charge in [0.15, 0.2) is 0 Å². The van der Waals surface area contributed by atoms with Crippen LogP contribution >= 0.6 is 0 Å². The summed E-state index contributed by atoms with van der Waals surface area (Å²) in [5.41, 5.74) is 0. The van der Waals surface area contributed by atoms with Crippen molar-refractivity contribution in [3.8, 4) is 0 Å². The topological polar surface area (TPSA) is 35.6 Å². The summed E-state index contributed by atoms with van der Waals surface area (Å²) < 4.78 is 0. The lowest BCUT2D eigenvalue weighted by Crippen LogP contribution is -2.49. The highest BCUT2D eigenvalue weighted by atomic mass is 16.2. The molecule has 1 saturated carbocycles. The van der Waals surface area contributed by atoms with Gasteiger partial charge in [-0.05, 0) is 18.8 Å². The van der Waals surface area contributed by atoms with Crippen molar-refractivity contribution in [1.82, 2.24) is 15.1 Å². The van der Waals surface area contributed by atoms with E-state index in [2.05, 4.69) is 15.1 Å². The number of amides is 2. The molecule has 0 radical (unpaired) electrons. The van der Waals surface area contributed by atoms with Crippen molar-refractivity contribution in [2.75, 3.05) is 32.7 Å². The lowest BCUT2D eigenvalue weighted by atomic mass is 10.1. The number of hydrogen-bond donors (Lipinski definition) is 1. The fraction of sp³-hybridized carbons (Fsp3) is 0.917. The molecule has 2 saturated heterocycles. The predicted molar refractivity (Wildman–Crippen MR) is 62.3 cm³/mol. The second kappa shape index (κ2) is 4.24. The molecule has 90 valence electrons. The van der Waals surface area contributed by atoms with Gasteiger partial charge in [0.2, 0.25) is 0 Å². The molecule has 0 aromatic heterocycles. The van der Waals surface area contributed by atoms with Gasteiger partial charge in [0.1, 0.15) is 0 Å². The molecule has 3 rings (SSSR count). The van der Waals surface area contributed by atoms with Gasteiger partial charge in [0, 0.05) is 32.7 Å². The van der Waals surface area contributed by atoms with Crippen LogP contribution in [0, 0.1) is 5.92 Å². The van der Waals surface area contributed by atoms with E-state index < -0.39 is 0 Å². The average molecular weight is 223 g/mol. The summed E-state index contributed by atoms with van der Waals surface area (Å²) in [5.74, 6) is 0.776. The third kappa shape index (κ3) is 1.79. The summed E-state index contributed by atoms with van der Waals surface area (Å²) in [6.45, 7) is 4.78. The van der Waals surface area contributed by atoms with E-state index in [1.165, 1.54) is 25.7 Å². The van der Waals surface area contributed by atoms with E-state index in [1.54, 1.807) is 0 Å². The average Bonchev–Trinajstić information content (AvgIpc) is 2.90. The van der Waals surface area contributed by atoms with Gasteiger partial charge < -0.3 is 15.1 Å². The number of nitrogens with zero attached hydrogens (tertiary/aromatic N) is 2. The maximum Gasteiger partial charge on any atom is 0.320 e. The molecular weight excluding hydrogens is 202 g/mol. The third-order valence-electron chi connectivity index (χ3n) is 4.25. The highest BCUT2D eigenvalue weighted by Gasteiger charge is 2.39. The molecule has 2 amide bonds. The number of urea groups is 1. The van der Waals surface area contributed by atoms with E-state index in [4.69, 9.17) is 0 Å². The minimum atomic E-state index is 0.290. The summed E-state index contributed by atoms with van der Waals surface area (Å²) >= 11 is 0. The third-order valence-corrected chi connectivity index (χ3v) is 4.25. The van der Waals surface area contributed by atoms with Crippen LogP contribution in [0.1, 0.15) is 25.7 Å². The number of hydrogen-bond acceptors (Lipinski definition) is 2. The SMILES string of the molecule is O=C1N(CC2CCCC2)CC2CNCCN12. The van der Waals surface area contributed by atoms with Gasteiger partial charge >= 0.3 is 6.03 Å². The smallest absolute Gasteiger partial charge is 0.320 e. The molecule has 1 unspecified atom stereocenters. The molecule has 0 aromatic rings. The lowest BCUT2D eigenvalue weighted by Gasteiger charge is -2.28. The Hall–Kier alpha value is -0.770. The molecular formula is C12H21N3O. The minimum absolute atomic E-state index is 0.290. The molecule has 16 heavy (non-hydrogen) atoms. The van der Waals surface area contributed by atoms with Crippen LogP contribution in [0.25, 0.3) is 0 Å². The Kier molecular flexibility index (Phi) is 2.75. The Morgan fingerprint density at radius 3 is 2.88 bits per heavy atom. The van der Waals surface area contributed by atoms with Crippen LogP contribution in [-0.4, -0.2) is 54.6 Å². The van der Waals surface area contributed by atoms with Crippen molar-refractivity contribution in [2.45, 2.75) is 31.7 Å². The van der Waals surface area contributed by atoms with Crippen LogP contribution < -0.4 is 5.32 Å². The number of piperazine rings is 1. The van der Waals surface area contributed by atoms with Gasteiger partial charge in [-0.1, -0.05) is 12.8 Å². The Bertz CT molecular complexity index is 275. The molecule has 0 aromatic carbocycles. The van der Waals surface area contributed by atoms with Crippen LogP contribution in [0.3, 0.4) is 0 Å². The minimum Gasteiger partial charge on any atom is -0.322 e.